The molecule has 1 aromatic heterocycles. The Morgan fingerprint density at radius 3 is 2.74 bits per heavy atom. The van der Waals surface area contributed by atoms with Crippen LogP contribution in [0.1, 0.15) is 32.6 Å². The number of hydrogen-bond acceptors (Lipinski definition) is 4. The van der Waals surface area contributed by atoms with Gasteiger partial charge in [0.1, 0.15) is 0 Å². The summed E-state index contributed by atoms with van der Waals surface area (Å²) >= 11 is 6.07. The van der Waals surface area contributed by atoms with Gasteiger partial charge < -0.3 is 5.73 Å². The van der Waals surface area contributed by atoms with Crippen LogP contribution in [-0.4, -0.2) is 20.2 Å². The number of nitrogens with zero attached hydrogens (tertiary/aromatic N) is 4. The van der Waals surface area contributed by atoms with Crippen LogP contribution in [-0.2, 0) is 5.54 Å². The fourth-order valence-corrected chi connectivity index (χ4v) is 2.93. The topological polar surface area (TPSA) is 69.6 Å². The van der Waals surface area contributed by atoms with Gasteiger partial charge in [-0.2, -0.15) is 0 Å². The van der Waals surface area contributed by atoms with Crippen LogP contribution in [0.15, 0.2) is 18.2 Å². The number of benzene rings is 1. The lowest BCUT2D eigenvalue weighted by molar-refractivity contribution is 0.293. The van der Waals surface area contributed by atoms with Gasteiger partial charge in [0, 0.05) is 5.56 Å². The molecule has 0 aliphatic heterocycles. The summed E-state index contributed by atoms with van der Waals surface area (Å²) in [5.74, 6) is 0.756. The standard InChI is InChI=1S/C13H16ClN5/c1-13(6-2-3-7-13)19-12(16-17-18-19)9-4-5-11(15)10(14)8-9/h4-5,8H,2-3,6-7,15H2,1H3. The zero-order chi connectivity index (χ0) is 13.5. The minimum absolute atomic E-state index is 0.00664. The Labute approximate surface area is 116 Å². The molecule has 100 valence electrons. The maximum absolute atomic E-state index is 6.07. The summed E-state index contributed by atoms with van der Waals surface area (Å²) in [6, 6.07) is 5.51. The Bertz CT molecular complexity index is 601. The van der Waals surface area contributed by atoms with E-state index >= 15 is 0 Å². The third kappa shape index (κ3) is 2.08. The Morgan fingerprint density at radius 2 is 2.05 bits per heavy atom. The molecule has 1 fully saturated rings. The summed E-state index contributed by atoms with van der Waals surface area (Å²) in [5.41, 5.74) is 7.21. The maximum Gasteiger partial charge on any atom is 0.182 e. The molecule has 6 heteroatoms. The van der Waals surface area contributed by atoms with Crippen LogP contribution in [0.3, 0.4) is 0 Å². The Morgan fingerprint density at radius 1 is 1.32 bits per heavy atom. The fourth-order valence-electron chi connectivity index (χ4n) is 2.75. The smallest absolute Gasteiger partial charge is 0.182 e. The van der Waals surface area contributed by atoms with Crippen molar-refractivity contribution in [2.45, 2.75) is 38.1 Å². The SMILES string of the molecule is CC1(n2nnnc2-c2ccc(N)c(Cl)c2)CCCC1. The van der Waals surface area contributed by atoms with E-state index in [4.69, 9.17) is 17.3 Å². The Hall–Kier alpha value is -1.62. The monoisotopic (exact) mass is 277 g/mol. The number of hydrogen-bond donors (Lipinski definition) is 1. The molecule has 0 amide bonds. The molecule has 2 N–H and O–H groups in total. The number of tetrazole rings is 1. The van der Waals surface area contributed by atoms with Gasteiger partial charge in [-0.25, -0.2) is 4.68 Å². The van der Waals surface area contributed by atoms with Gasteiger partial charge in [-0.15, -0.1) is 5.10 Å². The highest BCUT2D eigenvalue weighted by Gasteiger charge is 2.34. The zero-order valence-electron chi connectivity index (χ0n) is 10.8. The van der Waals surface area contributed by atoms with Gasteiger partial charge in [-0.1, -0.05) is 24.4 Å². The second kappa shape index (κ2) is 4.49. The van der Waals surface area contributed by atoms with Crippen molar-refractivity contribution in [1.29, 1.82) is 0 Å². The van der Waals surface area contributed by atoms with Gasteiger partial charge in [-0.05, 0) is 48.4 Å². The molecule has 5 nitrogen and oxygen atoms in total. The summed E-state index contributed by atoms with van der Waals surface area (Å²) in [4.78, 5) is 0. The first-order valence-electron chi connectivity index (χ1n) is 6.44. The van der Waals surface area contributed by atoms with Crippen LogP contribution in [0.25, 0.3) is 11.4 Å². The molecule has 19 heavy (non-hydrogen) atoms. The average Bonchev–Trinajstić information content (AvgIpc) is 3.02. The molecular weight excluding hydrogens is 262 g/mol. The lowest BCUT2D eigenvalue weighted by Gasteiger charge is -2.24. The highest BCUT2D eigenvalue weighted by molar-refractivity contribution is 6.33. The van der Waals surface area contributed by atoms with Crippen molar-refractivity contribution < 1.29 is 0 Å². The zero-order valence-corrected chi connectivity index (χ0v) is 11.6. The molecule has 2 aromatic rings. The van der Waals surface area contributed by atoms with Crippen molar-refractivity contribution in [3.05, 3.63) is 23.2 Å². The lowest BCUT2D eigenvalue weighted by atomic mass is 10.0. The van der Waals surface area contributed by atoms with E-state index in [1.807, 2.05) is 16.8 Å². The van der Waals surface area contributed by atoms with Gasteiger partial charge in [-0.3, -0.25) is 0 Å². The van der Waals surface area contributed by atoms with Crippen molar-refractivity contribution in [3.8, 4) is 11.4 Å². The van der Waals surface area contributed by atoms with Crippen LogP contribution in [0, 0.1) is 0 Å². The molecule has 1 aliphatic carbocycles. The number of nitrogen functional groups attached to an aromatic ring is 1. The lowest BCUT2D eigenvalue weighted by Crippen LogP contribution is -2.28. The molecule has 0 unspecified atom stereocenters. The Kier molecular flexibility index (Phi) is 2.93. The summed E-state index contributed by atoms with van der Waals surface area (Å²) in [6.45, 7) is 2.21. The van der Waals surface area contributed by atoms with Crippen molar-refractivity contribution in [2.24, 2.45) is 0 Å². The number of aromatic nitrogens is 4. The fraction of sp³-hybridized carbons (Fsp3) is 0.462. The van der Waals surface area contributed by atoms with E-state index < -0.39 is 0 Å². The molecule has 0 spiro atoms. The van der Waals surface area contributed by atoms with Crippen LogP contribution < -0.4 is 5.73 Å². The van der Waals surface area contributed by atoms with Crippen LogP contribution in [0.5, 0.6) is 0 Å². The first kappa shape index (κ1) is 12.4. The van der Waals surface area contributed by atoms with E-state index in [9.17, 15) is 0 Å². The molecule has 1 aliphatic rings. The molecule has 0 saturated heterocycles. The third-order valence-electron chi connectivity index (χ3n) is 3.92. The van der Waals surface area contributed by atoms with E-state index in [1.54, 1.807) is 6.07 Å². The number of rotatable bonds is 2. The van der Waals surface area contributed by atoms with Crippen molar-refractivity contribution in [2.75, 3.05) is 5.73 Å². The van der Waals surface area contributed by atoms with Gasteiger partial charge >= 0.3 is 0 Å². The molecular formula is C13H16ClN5. The maximum atomic E-state index is 6.07. The molecule has 3 rings (SSSR count). The van der Waals surface area contributed by atoms with Crippen LogP contribution >= 0.6 is 11.6 Å². The largest absolute Gasteiger partial charge is 0.398 e. The molecule has 0 radical (unpaired) electrons. The van der Waals surface area contributed by atoms with Crippen LogP contribution in [0.4, 0.5) is 5.69 Å². The minimum Gasteiger partial charge on any atom is -0.398 e. The quantitative estimate of drug-likeness (QED) is 0.857. The molecule has 1 aromatic carbocycles. The number of halogens is 1. The van der Waals surface area contributed by atoms with Crippen molar-refractivity contribution in [1.82, 2.24) is 20.2 Å². The van der Waals surface area contributed by atoms with Crippen LogP contribution in [0.2, 0.25) is 5.02 Å². The molecule has 0 bridgehead atoms. The normalized spacial score (nSPS) is 17.8. The second-order valence-corrected chi connectivity index (χ2v) is 5.76. The van der Waals surface area contributed by atoms with E-state index in [-0.39, 0.29) is 5.54 Å². The van der Waals surface area contributed by atoms with E-state index in [0.717, 1.165) is 24.2 Å². The highest BCUT2D eigenvalue weighted by Crippen LogP contribution is 2.38. The van der Waals surface area contributed by atoms with Gasteiger partial charge in [0.05, 0.1) is 16.2 Å². The molecule has 1 heterocycles. The van der Waals surface area contributed by atoms with Crippen molar-refractivity contribution >= 4 is 17.3 Å². The van der Waals surface area contributed by atoms with Gasteiger partial charge in [0.15, 0.2) is 5.82 Å². The first-order chi connectivity index (χ1) is 9.10. The van der Waals surface area contributed by atoms with Gasteiger partial charge in [0.2, 0.25) is 0 Å². The number of nitrogens with two attached hydrogens (primary N) is 1. The minimum atomic E-state index is 0.00664. The van der Waals surface area contributed by atoms with Gasteiger partial charge in [0.25, 0.3) is 0 Å². The summed E-state index contributed by atoms with van der Waals surface area (Å²) < 4.78 is 1.93. The number of anilines is 1. The van der Waals surface area contributed by atoms with Crippen molar-refractivity contribution in [3.63, 3.8) is 0 Å². The molecule has 1 saturated carbocycles. The van der Waals surface area contributed by atoms with E-state index in [0.29, 0.717) is 10.7 Å². The summed E-state index contributed by atoms with van der Waals surface area (Å²) in [6.07, 6.45) is 4.65. The second-order valence-electron chi connectivity index (χ2n) is 5.35. The first-order valence-corrected chi connectivity index (χ1v) is 6.82. The predicted octanol–water partition coefficient (Wildman–Crippen LogP) is 2.86. The highest BCUT2D eigenvalue weighted by atomic mass is 35.5. The van der Waals surface area contributed by atoms with E-state index in [2.05, 4.69) is 22.4 Å². The van der Waals surface area contributed by atoms with E-state index in [1.165, 1.54) is 12.8 Å². The Balaban J connectivity index is 2.06. The summed E-state index contributed by atoms with van der Waals surface area (Å²) in [7, 11) is 0. The predicted molar refractivity (Wildman–Crippen MR) is 74.8 cm³/mol. The third-order valence-corrected chi connectivity index (χ3v) is 4.25. The molecule has 0 atom stereocenters. The average molecular weight is 278 g/mol. The summed E-state index contributed by atoms with van der Waals surface area (Å²) in [5, 5.41) is 12.7.